The van der Waals surface area contributed by atoms with Crippen molar-refractivity contribution in [2.75, 3.05) is 6.61 Å². The molecule has 0 saturated carbocycles. The number of halogens is 2. The van der Waals surface area contributed by atoms with Crippen molar-refractivity contribution >= 4 is 23.3 Å². The van der Waals surface area contributed by atoms with Gasteiger partial charge in [-0.3, -0.25) is 0 Å². The molecule has 0 bridgehead atoms. The SMILES string of the molecule is CC1OCCC1n1c(=S)[nH]c2c(F)cc(F)cc21. The molecule has 0 aliphatic carbocycles. The molecule has 2 unspecified atom stereocenters. The van der Waals surface area contributed by atoms with E-state index in [-0.39, 0.29) is 17.7 Å². The normalized spacial score (nSPS) is 23.9. The first-order valence-corrected chi connectivity index (χ1v) is 6.19. The Hall–Kier alpha value is -1.27. The van der Waals surface area contributed by atoms with Gasteiger partial charge >= 0.3 is 0 Å². The molecule has 18 heavy (non-hydrogen) atoms. The fourth-order valence-electron chi connectivity index (χ4n) is 2.54. The summed E-state index contributed by atoms with van der Waals surface area (Å²) < 4.78 is 34.6. The number of nitrogens with zero attached hydrogens (tertiary/aromatic N) is 1. The third kappa shape index (κ3) is 1.67. The maximum atomic E-state index is 13.7. The van der Waals surface area contributed by atoms with E-state index in [1.54, 1.807) is 4.57 Å². The van der Waals surface area contributed by atoms with Gasteiger partial charge in [-0.25, -0.2) is 8.78 Å². The fourth-order valence-corrected chi connectivity index (χ4v) is 2.87. The molecule has 1 aliphatic rings. The number of nitrogens with one attached hydrogen (secondary N) is 1. The molecular weight excluding hydrogens is 258 g/mol. The van der Waals surface area contributed by atoms with Crippen LogP contribution < -0.4 is 0 Å². The van der Waals surface area contributed by atoms with Gasteiger partial charge in [-0.1, -0.05) is 0 Å². The Labute approximate surface area is 107 Å². The highest BCUT2D eigenvalue weighted by Crippen LogP contribution is 2.31. The van der Waals surface area contributed by atoms with Crippen molar-refractivity contribution in [3.05, 3.63) is 28.5 Å². The molecule has 1 saturated heterocycles. The van der Waals surface area contributed by atoms with E-state index in [9.17, 15) is 8.78 Å². The molecule has 1 aromatic carbocycles. The predicted molar refractivity (Wildman–Crippen MR) is 66.1 cm³/mol. The van der Waals surface area contributed by atoms with Crippen molar-refractivity contribution < 1.29 is 13.5 Å². The van der Waals surface area contributed by atoms with Gasteiger partial charge in [0.1, 0.15) is 11.3 Å². The minimum atomic E-state index is -0.624. The van der Waals surface area contributed by atoms with Gasteiger partial charge in [-0.15, -0.1) is 0 Å². The molecule has 2 aromatic rings. The van der Waals surface area contributed by atoms with E-state index < -0.39 is 11.6 Å². The van der Waals surface area contributed by atoms with Gasteiger partial charge in [0, 0.05) is 12.7 Å². The predicted octanol–water partition coefficient (Wildman–Crippen LogP) is 3.33. The highest BCUT2D eigenvalue weighted by atomic mass is 32.1. The number of ether oxygens (including phenoxy) is 1. The number of fused-ring (bicyclic) bond motifs is 1. The first kappa shape index (κ1) is 11.8. The van der Waals surface area contributed by atoms with Crippen LogP contribution in [0.25, 0.3) is 11.0 Å². The van der Waals surface area contributed by atoms with E-state index in [0.29, 0.717) is 16.9 Å². The number of H-pyrrole nitrogens is 1. The van der Waals surface area contributed by atoms with Crippen LogP contribution in [0, 0.1) is 16.4 Å². The molecule has 6 heteroatoms. The Morgan fingerprint density at radius 2 is 2.22 bits per heavy atom. The summed E-state index contributed by atoms with van der Waals surface area (Å²) in [4.78, 5) is 2.80. The Morgan fingerprint density at radius 1 is 1.44 bits per heavy atom. The number of imidazole rings is 1. The molecule has 1 fully saturated rings. The number of aromatic amines is 1. The van der Waals surface area contributed by atoms with Crippen LogP contribution in [-0.2, 0) is 4.74 Å². The Morgan fingerprint density at radius 3 is 2.89 bits per heavy atom. The van der Waals surface area contributed by atoms with Crippen molar-refractivity contribution in [1.29, 1.82) is 0 Å². The zero-order valence-corrected chi connectivity index (χ0v) is 10.6. The minimum Gasteiger partial charge on any atom is -0.376 e. The van der Waals surface area contributed by atoms with Crippen LogP contribution in [0.15, 0.2) is 12.1 Å². The van der Waals surface area contributed by atoms with Crippen molar-refractivity contribution in [2.45, 2.75) is 25.5 Å². The summed E-state index contributed by atoms with van der Waals surface area (Å²) in [6.07, 6.45) is 0.780. The maximum absolute atomic E-state index is 13.7. The first-order valence-electron chi connectivity index (χ1n) is 5.79. The molecule has 3 nitrogen and oxygen atoms in total. The zero-order valence-electron chi connectivity index (χ0n) is 9.74. The molecule has 96 valence electrons. The second-order valence-electron chi connectivity index (χ2n) is 4.51. The first-order chi connectivity index (χ1) is 8.58. The van der Waals surface area contributed by atoms with Crippen molar-refractivity contribution in [2.24, 2.45) is 0 Å². The molecule has 1 aliphatic heterocycles. The van der Waals surface area contributed by atoms with E-state index in [1.807, 2.05) is 6.92 Å². The molecule has 0 amide bonds. The van der Waals surface area contributed by atoms with Gasteiger partial charge in [0.2, 0.25) is 0 Å². The lowest BCUT2D eigenvalue weighted by Crippen LogP contribution is -2.16. The number of benzene rings is 1. The van der Waals surface area contributed by atoms with Crippen LogP contribution in [0.5, 0.6) is 0 Å². The van der Waals surface area contributed by atoms with Gasteiger partial charge in [-0.2, -0.15) is 0 Å². The maximum Gasteiger partial charge on any atom is 0.178 e. The molecule has 2 heterocycles. The molecule has 2 atom stereocenters. The Kier molecular flexibility index (Phi) is 2.71. The summed E-state index contributed by atoms with van der Waals surface area (Å²) in [6, 6.07) is 2.18. The zero-order chi connectivity index (χ0) is 12.9. The summed E-state index contributed by atoms with van der Waals surface area (Å²) in [6.45, 7) is 2.58. The van der Waals surface area contributed by atoms with Crippen molar-refractivity contribution in [1.82, 2.24) is 9.55 Å². The summed E-state index contributed by atoms with van der Waals surface area (Å²) in [7, 11) is 0. The van der Waals surface area contributed by atoms with E-state index in [1.165, 1.54) is 6.07 Å². The highest BCUT2D eigenvalue weighted by molar-refractivity contribution is 7.71. The molecule has 0 spiro atoms. The van der Waals surface area contributed by atoms with Gasteiger partial charge < -0.3 is 14.3 Å². The number of hydrogen-bond acceptors (Lipinski definition) is 2. The lowest BCUT2D eigenvalue weighted by Gasteiger charge is -2.16. The lowest BCUT2D eigenvalue weighted by molar-refractivity contribution is 0.108. The average molecular weight is 270 g/mol. The van der Waals surface area contributed by atoms with Gasteiger partial charge in [0.05, 0.1) is 17.7 Å². The minimum absolute atomic E-state index is 0.0120. The lowest BCUT2D eigenvalue weighted by atomic mass is 10.1. The summed E-state index contributed by atoms with van der Waals surface area (Å²) in [5, 5.41) is 0. The topological polar surface area (TPSA) is 29.9 Å². The van der Waals surface area contributed by atoms with E-state index in [0.717, 1.165) is 12.5 Å². The molecule has 0 radical (unpaired) electrons. The molecule has 1 aromatic heterocycles. The van der Waals surface area contributed by atoms with E-state index in [4.69, 9.17) is 17.0 Å². The fraction of sp³-hybridized carbons (Fsp3) is 0.417. The Balaban J connectivity index is 2.28. The molecule has 3 rings (SSSR count). The average Bonchev–Trinajstić information content (AvgIpc) is 2.82. The number of aromatic nitrogens is 2. The quantitative estimate of drug-likeness (QED) is 0.806. The number of rotatable bonds is 1. The number of hydrogen-bond donors (Lipinski definition) is 1. The second kappa shape index (κ2) is 4.13. The van der Waals surface area contributed by atoms with Crippen LogP contribution >= 0.6 is 12.2 Å². The summed E-state index contributed by atoms with van der Waals surface area (Å²) in [5.74, 6) is -1.23. The van der Waals surface area contributed by atoms with E-state index >= 15 is 0 Å². The molecule has 1 N–H and O–H groups in total. The van der Waals surface area contributed by atoms with Gasteiger partial charge in [0.25, 0.3) is 0 Å². The largest absolute Gasteiger partial charge is 0.376 e. The van der Waals surface area contributed by atoms with Gasteiger partial charge in [-0.05, 0) is 31.6 Å². The van der Waals surface area contributed by atoms with Gasteiger partial charge in [0.15, 0.2) is 10.6 Å². The standard InChI is InChI=1S/C12H12F2N2OS/c1-6-9(2-3-17-6)16-10-5-7(13)4-8(14)11(10)15-12(16)18/h4-6,9H,2-3H2,1H3,(H,15,18). The van der Waals surface area contributed by atoms with Crippen LogP contribution in [0.4, 0.5) is 8.78 Å². The van der Waals surface area contributed by atoms with Crippen LogP contribution in [0.1, 0.15) is 19.4 Å². The summed E-state index contributed by atoms with van der Waals surface area (Å²) in [5.41, 5.74) is 0.709. The van der Waals surface area contributed by atoms with Crippen LogP contribution in [0.2, 0.25) is 0 Å². The third-order valence-electron chi connectivity index (χ3n) is 3.41. The van der Waals surface area contributed by atoms with Crippen molar-refractivity contribution in [3.8, 4) is 0 Å². The monoisotopic (exact) mass is 270 g/mol. The third-order valence-corrected chi connectivity index (χ3v) is 3.71. The smallest absolute Gasteiger partial charge is 0.178 e. The highest BCUT2D eigenvalue weighted by Gasteiger charge is 2.28. The van der Waals surface area contributed by atoms with Crippen molar-refractivity contribution in [3.63, 3.8) is 0 Å². The molecular formula is C12H12F2N2OS. The second-order valence-corrected chi connectivity index (χ2v) is 4.90. The van der Waals surface area contributed by atoms with Crippen LogP contribution in [-0.4, -0.2) is 22.3 Å². The summed E-state index contributed by atoms with van der Waals surface area (Å²) >= 11 is 5.21. The van der Waals surface area contributed by atoms with E-state index in [2.05, 4.69) is 4.98 Å². The van der Waals surface area contributed by atoms with Crippen LogP contribution in [0.3, 0.4) is 0 Å². The Bertz CT molecular complexity index is 664.